The Hall–Kier alpha value is -1.22. The molecule has 54 heavy (non-hydrogen) atoms. The van der Waals surface area contributed by atoms with Gasteiger partial charge in [-0.1, -0.05) is 117 Å². The van der Waals surface area contributed by atoms with Crippen molar-refractivity contribution < 1.29 is 29.5 Å². The molecule has 0 saturated carbocycles. The van der Waals surface area contributed by atoms with Gasteiger partial charge in [0.05, 0.1) is 18.6 Å². The number of piperidine rings is 2. The van der Waals surface area contributed by atoms with Gasteiger partial charge in [0.2, 0.25) is 0 Å². The van der Waals surface area contributed by atoms with Crippen molar-refractivity contribution >= 4 is 11.9 Å². The summed E-state index contributed by atoms with van der Waals surface area (Å²) in [6, 6.07) is 0. The Labute approximate surface area is 333 Å². The Morgan fingerprint density at radius 2 is 0.833 bits per heavy atom. The van der Waals surface area contributed by atoms with E-state index in [-0.39, 0.29) is 40.4 Å². The average molecular weight is 765 g/mol. The maximum atomic E-state index is 14.2. The largest absolute Gasteiger partial charge is 0.481 e. The highest BCUT2D eigenvalue weighted by molar-refractivity contribution is 5.76. The van der Waals surface area contributed by atoms with E-state index in [1.807, 2.05) is 0 Å². The van der Waals surface area contributed by atoms with Crippen LogP contribution in [0.1, 0.15) is 230 Å². The zero-order valence-electron chi connectivity index (χ0n) is 37.2. The van der Waals surface area contributed by atoms with E-state index in [1.54, 1.807) is 0 Å². The maximum absolute atomic E-state index is 14.2. The van der Waals surface area contributed by atoms with Crippen LogP contribution in [-0.2, 0) is 19.3 Å². The van der Waals surface area contributed by atoms with E-state index in [0.717, 1.165) is 64.2 Å². The second-order valence-electron chi connectivity index (χ2n) is 20.0. The highest BCUT2D eigenvalue weighted by Crippen LogP contribution is 2.58. The molecule has 2 aliphatic rings. The van der Waals surface area contributed by atoms with Gasteiger partial charge in [-0.3, -0.25) is 19.3 Å². The molecule has 0 amide bonds. The topological polar surface area (TPSA) is 99.5 Å². The minimum atomic E-state index is -0.890. The van der Waals surface area contributed by atoms with Crippen LogP contribution in [-0.4, -0.2) is 67.6 Å². The van der Waals surface area contributed by atoms with Crippen molar-refractivity contribution in [2.24, 2.45) is 17.3 Å². The van der Waals surface area contributed by atoms with Crippen molar-refractivity contribution in [1.82, 2.24) is 10.1 Å². The lowest BCUT2D eigenvalue weighted by Crippen LogP contribution is -2.67. The third-order valence-corrected chi connectivity index (χ3v) is 13.0. The van der Waals surface area contributed by atoms with Crippen molar-refractivity contribution in [2.45, 2.75) is 252 Å². The summed E-state index contributed by atoms with van der Waals surface area (Å²) in [5.74, 6) is -1.41. The lowest BCUT2D eigenvalue weighted by molar-refractivity contribution is -0.307. The van der Waals surface area contributed by atoms with Crippen LogP contribution >= 0.6 is 0 Å². The third kappa shape index (κ3) is 14.9. The van der Waals surface area contributed by atoms with Crippen LogP contribution in [0.15, 0.2) is 0 Å². The van der Waals surface area contributed by atoms with Crippen LogP contribution in [0.4, 0.5) is 0 Å². The van der Waals surface area contributed by atoms with Gasteiger partial charge in [0.25, 0.3) is 0 Å². The number of hydroxylamine groups is 4. The number of carboxylic acid groups (broad SMARTS) is 2. The Bertz CT molecular complexity index is 975. The number of carbonyl (C=O) groups is 2. The third-order valence-electron chi connectivity index (χ3n) is 13.0. The smallest absolute Gasteiger partial charge is 0.310 e. The molecule has 2 aliphatic heterocycles. The van der Waals surface area contributed by atoms with E-state index in [9.17, 15) is 14.7 Å². The molecule has 0 unspecified atom stereocenters. The molecule has 2 saturated heterocycles. The first-order valence-electron chi connectivity index (χ1n) is 22.7. The first-order valence-corrected chi connectivity index (χ1v) is 22.7. The molecule has 0 aromatic heterocycles. The van der Waals surface area contributed by atoms with Crippen LogP contribution in [0.3, 0.4) is 0 Å². The fourth-order valence-corrected chi connectivity index (χ4v) is 10.8. The summed E-state index contributed by atoms with van der Waals surface area (Å²) in [6.45, 7) is 24.0. The van der Waals surface area contributed by atoms with Crippen molar-refractivity contribution in [3.8, 4) is 0 Å². The molecular weight excluding hydrogens is 677 g/mol. The standard InChI is InChI=1S/C46H88N2O6/c1-11-13-15-17-19-24-28-32-53-47-42(3,4)34-38(35-43(47,5)6)46(41(51)52,31-27-23-21-22-26-30-40(49)50)39-36-44(7,8)48(45(9,10)37-39)54-33-29-25-20-18-16-14-12-2/h38-39H,11-37H2,1-10H3,(H,49,50)(H,51,52). The molecule has 8 heteroatoms. The molecule has 0 bridgehead atoms. The molecule has 2 heterocycles. The molecule has 0 aromatic carbocycles. The quantitative estimate of drug-likeness (QED) is 0.0726. The molecule has 0 spiro atoms. The second kappa shape index (κ2) is 23.3. The number of aliphatic carboxylic acids is 2. The summed E-state index contributed by atoms with van der Waals surface area (Å²) in [5.41, 5.74) is -2.18. The van der Waals surface area contributed by atoms with Crippen LogP contribution in [0.25, 0.3) is 0 Å². The maximum Gasteiger partial charge on any atom is 0.310 e. The second-order valence-corrected chi connectivity index (χ2v) is 20.0. The van der Waals surface area contributed by atoms with Crippen LogP contribution in [0, 0.1) is 17.3 Å². The predicted octanol–water partition coefficient (Wildman–Crippen LogP) is 12.8. The fraction of sp³-hybridized carbons (Fsp3) is 0.957. The average Bonchev–Trinajstić information content (AvgIpc) is 3.05. The number of hydrogen-bond acceptors (Lipinski definition) is 6. The van der Waals surface area contributed by atoms with E-state index >= 15 is 0 Å². The minimum absolute atomic E-state index is 0.0118. The van der Waals surface area contributed by atoms with Gasteiger partial charge >= 0.3 is 11.9 Å². The van der Waals surface area contributed by atoms with Crippen LogP contribution < -0.4 is 0 Å². The molecule has 318 valence electrons. The Morgan fingerprint density at radius 1 is 0.519 bits per heavy atom. The highest BCUT2D eigenvalue weighted by atomic mass is 16.7. The zero-order chi connectivity index (χ0) is 40.5. The van der Waals surface area contributed by atoms with Crippen LogP contribution in [0.2, 0.25) is 0 Å². The van der Waals surface area contributed by atoms with Crippen molar-refractivity contribution in [3.63, 3.8) is 0 Å². The summed E-state index contributed by atoms with van der Waals surface area (Å²) >= 11 is 0. The number of carboxylic acids is 2. The Balaban J connectivity index is 2.29. The molecule has 0 atom stereocenters. The molecule has 2 N–H and O–H groups in total. The summed E-state index contributed by atoms with van der Waals surface area (Å²) in [4.78, 5) is 38.5. The summed E-state index contributed by atoms with van der Waals surface area (Å²) < 4.78 is 0. The first-order chi connectivity index (χ1) is 25.4. The number of nitrogens with zero attached hydrogens (tertiary/aromatic N) is 2. The van der Waals surface area contributed by atoms with E-state index < -0.39 is 17.4 Å². The summed E-state index contributed by atoms with van der Waals surface area (Å²) in [5, 5.41) is 25.2. The molecular formula is C46H88N2O6. The van der Waals surface area contributed by atoms with E-state index in [1.165, 1.54) is 77.0 Å². The highest BCUT2D eigenvalue weighted by Gasteiger charge is 2.61. The van der Waals surface area contributed by atoms with Gasteiger partial charge in [-0.05, 0) is 119 Å². The van der Waals surface area contributed by atoms with E-state index in [4.69, 9.17) is 14.8 Å². The lowest BCUT2D eigenvalue weighted by atomic mass is 9.52. The van der Waals surface area contributed by atoms with E-state index in [0.29, 0.717) is 26.1 Å². The molecule has 2 fully saturated rings. The number of unbranched alkanes of at least 4 members (excludes halogenated alkanes) is 16. The molecule has 0 aromatic rings. The van der Waals surface area contributed by atoms with Crippen LogP contribution in [0.5, 0.6) is 0 Å². The first kappa shape index (κ1) is 48.9. The van der Waals surface area contributed by atoms with Crippen molar-refractivity contribution in [1.29, 1.82) is 0 Å². The SMILES string of the molecule is CCCCCCCCCON1C(C)(C)CC(C(CCCCCCCC(=O)O)(C(=O)O)C2CC(C)(C)N(OCCCCCCCCC)C(C)(C)C2)CC1(C)C. The molecule has 8 nitrogen and oxygen atoms in total. The Morgan fingerprint density at radius 3 is 1.17 bits per heavy atom. The number of rotatable bonds is 29. The van der Waals surface area contributed by atoms with Gasteiger partial charge < -0.3 is 10.2 Å². The van der Waals surface area contributed by atoms with Gasteiger partial charge in [0.1, 0.15) is 0 Å². The van der Waals surface area contributed by atoms with Crippen molar-refractivity contribution in [3.05, 3.63) is 0 Å². The zero-order valence-corrected chi connectivity index (χ0v) is 37.2. The summed E-state index contributed by atoms with van der Waals surface area (Å²) in [7, 11) is 0. The monoisotopic (exact) mass is 765 g/mol. The van der Waals surface area contributed by atoms with Gasteiger partial charge in [-0.15, -0.1) is 0 Å². The van der Waals surface area contributed by atoms with Crippen molar-refractivity contribution in [2.75, 3.05) is 13.2 Å². The molecule has 0 radical (unpaired) electrons. The number of hydrogen-bond donors (Lipinski definition) is 2. The normalized spacial score (nSPS) is 20.7. The van der Waals surface area contributed by atoms with Gasteiger partial charge in [-0.2, -0.15) is 10.1 Å². The van der Waals surface area contributed by atoms with E-state index in [2.05, 4.69) is 79.4 Å². The molecule has 2 rings (SSSR count). The molecule has 0 aliphatic carbocycles. The van der Waals surface area contributed by atoms with Gasteiger partial charge in [-0.25, -0.2) is 0 Å². The lowest BCUT2D eigenvalue weighted by Gasteiger charge is -2.61. The summed E-state index contributed by atoms with van der Waals surface area (Å²) in [6.07, 6.45) is 25.6. The predicted molar refractivity (Wildman–Crippen MR) is 223 cm³/mol. The Kier molecular flexibility index (Phi) is 21.1. The van der Waals surface area contributed by atoms with Gasteiger partial charge in [0, 0.05) is 28.6 Å². The van der Waals surface area contributed by atoms with Gasteiger partial charge in [0.15, 0.2) is 0 Å². The fourth-order valence-electron chi connectivity index (χ4n) is 10.8. The minimum Gasteiger partial charge on any atom is -0.481 e.